The lowest BCUT2D eigenvalue weighted by atomic mass is 9.95. The fourth-order valence-electron chi connectivity index (χ4n) is 4.11. The number of hydrogen-bond donors (Lipinski definition) is 1. The first-order chi connectivity index (χ1) is 15.6. The van der Waals surface area contributed by atoms with Gasteiger partial charge >= 0.3 is 0 Å². The molecule has 0 radical (unpaired) electrons. The molecule has 0 aromatic heterocycles. The minimum Gasteiger partial charge on any atom is -0.467 e. The number of rotatable bonds is 6. The van der Waals surface area contributed by atoms with E-state index < -0.39 is 0 Å². The van der Waals surface area contributed by atoms with Crippen molar-refractivity contribution in [1.29, 1.82) is 0 Å². The summed E-state index contributed by atoms with van der Waals surface area (Å²) in [5, 5.41) is 2.95. The number of ether oxygens (including phenoxy) is 2. The van der Waals surface area contributed by atoms with Crippen LogP contribution in [0.3, 0.4) is 0 Å². The number of likely N-dealkylation sites (tertiary alicyclic amines) is 1. The van der Waals surface area contributed by atoms with Crippen molar-refractivity contribution in [2.45, 2.75) is 25.9 Å². The number of nitrogens with one attached hydrogen (secondary N) is 1. The summed E-state index contributed by atoms with van der Waals surface area (Å²) in [6.45, 7) is 1.99. The van der Waals surface area contributed by atoms with Gasteiger partial charge in [0.2, 0.25) is 11.8 Å². The van der Waals surface area contributed by atoms with Crippen LogP contribution in [-0.2, 0) is 27.4 Å². The molecule has 0 bridgehead atoms. The molecule has 2 aromatic rings. The second-order valence-electron chi connectivity index (χ2n) is 8.05. The van der Waals surface area contributed by atoms with Gasteiger partial charge in [-0.3, -0.25) is 9.59 Å². The number of fused-ring (bicyclic) bond motifs is 1. The van der Waals surface area contributed by atoms with E-state index in [1.54, 1.807) is 11.0 Å². The minimum absolute atomic E-state index is 0.0218. The Morgan fingerprint density at radius 2 is 1.94 bits per heavy atom. The molecule has 6 nitrogen and oxygen atoms in total. The molecule has 0 atom stereocenters. The fourth-order valence-corrected chi connectivity index (χ4v) is 4.11. The number of piperidine rings is 1. The average molecular weight is 438 g/mol. The smallest absolute Gasteiger partial charge is 0.246 e. The first-order valence-electron chi connectivity index (χ1n) is 10.9. The predicted octanol–water partition coefficient (Wildman–Crippen LogP) is 3.30. The molecular weight excluding hydrogens is 411 g/mol. The van der Waals surface area contributed by atoms with Crippen LogP contribution in [0.5, 0.6) is 5.75 Å². The number of halogens is 1. The Labute approximate surface area is 187 Å². The largest absolute Gasteiger partial charge is 0.467 e. The number of carbonyl (C=O) groups is 2. The van der Waals surface area contributed by atoms with Crippen molar-refractivity contribution >= 4 is 17.9 Å². The van der Waals surface area contributed by atoms with E-state index in [1.165, 1.54) is 12.1 Å². The Morgan fingerprint density at radius 3 is 2.72 bits per heavy atom. The lowest BCUT2D eigenvalue weighted by molar-refractivity contribution is -0.132. The van der Waals surface area contributed by atoms with E-state index in [0.29, 0.717) is 56.8 Å². The molecule has 32 heavy (non-hydrogen) atoms. The molecule has 2 amide bonds. The van der Waals surface area contributed by atoms with Crippen molar-refractivity contribution in [2.24, 2.45) is 5.92 Å². The van der Waals surface area contributed by atoms with Gasteiger partial charge in [0.25, 0.3) is 0 Å². The van der Waals surface area contributed by atoms with Gasteiger partial charge in [-0.15, -0.1) is 0 Å². The Hall–Kier alpha value is -3.19. The zero-order valence-corrected chi connectivity index (χ0v) is 17.9. The van der Waals surface area contributed by atoms with Gasteiger partial charge in [0.1, 0.15) is 11.6 Å². The Balaban J connectivity index is 1.23. The first kappa shape index (κ1) is 22.0. The molecule has 1 saturated heterocycles. The minimum atomic E-state index is -0.336. The highest BCUT2D eigenvalue weighted by molar-refractivity contribution is 5.92. The van der Waals surface area contributed by atoms with Crippen molar-refractivity contribution in [3.63, 3.8) is 0 Å². The Bertz CT molecular complexity index is 985. The van der Waals surface area contributed by atoms with E-state index in [1.807, 2.05) is 36.4 Å². The number of benzene rings is 2. The van der Waals surface area contributed by atoms with Crippen molar-refractivity contribution in [2.75, 3.05) is 26.4 Å². The van der Waals surface area contributed by atoms with E-state index in [2.05, 4.69) is 5.32 Å². The Kier molecular flexibility index (Phi) is 7.17. The van der Waals surface area contributed by atoms with Crippen LogP contribution in [0.2, 0.25) is 0 Å². The zero-order chi connectivity index (χ0) is 22.3. The van der Waals surface area contributed by atoms with Crippen LogP contribution < -0.4 is 10.1 Å². The predicted molar refractivity (Wildman–Crippen MR) is 118 cm³/mol. The summed E-state index contributed by atoms with van der Waals surface area (Å²) in [7, 11) is 0. The molecule has 2 aliphatic rings. The highest BCUT2D eigenvalue weighted by Gasteiger charge is 2.26. The Morgan fingerprint density at radius 1 is 1.16 bits per heavy atom. The maximum Gasteiger partial charge on any atom is 0.246 e. The maximum absolute atomic E-state index is 13.8. The summed E-state index contributed by atoms with van der Waals surface area (Å²) in [5.41, 5.74) is 2.40. The summed E-state index contributed by atoms with van der Waals surface area (Å²) in [5.74, 6) is 0.141. The van der Waals surface area contributed by atoms with Crippen LogP contribution in [0.1, 0.15) is 29.5 Å². The highest BCUT2D eigenvalue weighted by atomic mass is 19.1. The molecule has 1 N–H and O–H groups in total. The summed E-state index contributed by atoms with van der Waals surface area (Å²) in [4.78, 5) is 26.8. The van der Waals surface area contributed by atoms with E-state index in [9.17, 15) is 14.0 Å². The summed E-state index contributed by atoms with van der Waals surface area (Å²) >= 11 is 0. The highest BCUT2D eigenvalue weighted by Crippen LogP contribution is 2.29. The van der Waals surface area contributed by atoms with Crippen molar-refractivity contribution in [3.05, 3.63) is 71.0 Å². The van der Waals surface area contributed by atoms with Crippen molar-refractivity contribution in [3.8, 4) is 5.75 Å². The number of amides is 2. The standard InChI is InChI=1S/C25H27FN2O4/c26-22-14-20(24-21(15-22)16-31-17-32-24)8-11-27-25(30)19-9-12-28(13-10-19)23(29)7-6-18-4-2-1-3-5-18/h1-7,14-15,19H,8-13,16-17H2,(H,27,30)/b7-6+. The first-order valence-corrected chi connectivity index (χ1v) is 10.9. The van der Waals surface area contributed by atoms with Crippen molar-refractivity contribution in [1.82, 2.24) is 10.2 Å². The molecular formula is C25H27FN2O4. The third kappa shape index (κ3) is 5.53. The molecule has 0 saturated carbocycles. The fraction of sp³-hybridized carbons (Fsp3) is 0.360. The van der Waals surface area contributed by atoms with Crippen LogP contribution >= 0.6 is 0 Å². The van der Waals surface area contributed by atoms with Crippen LogP contribution in [0.15, 0.2) is 48.5 Å². The quantitative estimate of drug-likeness (QED) is 0.703. The van der Waals surface area contributed by atoms with E-state index >= 15 is 0 Å². The second kappa shape index (κ2) is 10.4. The summed E-state index contributed by atoms with van der Waals surface area (Å²) in [6, 6.07) is 12.5. The number of carbonyl (C=O) groups excluding carboxylic acids is 2. The van der Waals surface area contributed by atoms with Crippen LogP contribution in [0.4, 0.5) is 4.39 Å². The van der Waals surface area contributed by atoms with E-state index in [-0.39, 0.29) is 30.3 Å². The van der Waals surface area contributed by atoms with E-state index in [0.717, 1.165) is 11.1 Å². The van der Waals surface area contributed by atoms with Gasteiger partial charge in [0, 0.05) is 37.2 Å². The normalized spacial score (nSPS) is 16.5. The number of nitrogens with zero attached hydrogens (tertiary/aromatic N) is 1. The van der Waals surface area contributed by atoms with Gasteiger partial charge in [-0.2, -0.15) is 0 Å². The van der Waals surface area contributed by atoms with Crippen LogP contribution in [0, 0.1) is 11.7 Å². The van der Waals surface area contributed by atoms with Crippen molar-refractivity contribution < 1.29 is 23.5 Å². The SMILES string of the molecule is O=C(NCCc1cc(F)cc2c1OCOC2)C1CCN(C(=O)/C=C/c2ccccc2)CC1. The summed E-state index contributed by atoms with van der Waals surface area (Å²) in [6.07, 6.45) is 5.14. The molecule has 2 heterocycles. The molecule has 168 valence electrons. The summed E-state index contributed by atoms with van der Waals surface area (Å²) < 4.78 is 24.6. The van der Waals surface area contributed by atoms with Gasteiger partial charge in [-0.25, -0.2) is 4.39 Å². The molecule has 0 unspecified atom stereocenters. The lowest BCUT2D eigenvalue weighted by Crippen LogP contribution is -2.42. The molecule has 7 heteroatoms. The molecule has 2 aliphatic heterocycles. The molecule has 2 aromatic carbocycles. The third-order valence-corrected chi connectivity index (χ3v) is 5.84. The molecule has 0 spiro atoms. The van der Waals surface area contributed by atoms with Crippen LogP contribution in [0.25, 0.3) is 6.08 Å². The molecule has 4 rings (SSSR count). The monoisotopic (exact) mass is 438 g/mol. The molecule has 0 aliphatic carbocycles. The van der Waals surface area contributed by atoms with Gasteiger partial charge in [0.05, 0.1) is 6.61 Å². The zero-order valence-electron chi connectivity index (χ0n) is 17.9. The number of hydrogen-bond acceptors (Lipinski definition) is 4. The topological polar surface area (TPSA) is 67.9 Å². The van der Waals surface area contributed by atoms with E-state index in [4.69, 9.17) is 9.47 Å². The lowest BCUT2D eigenvalue weighted by Gasteiger charge is -2.30. The van der Waals surface area contributed by atoms with Crippen LogP contribution in [-0.4, -0.2) is 43.1 Å². The average Bonchev–Trinajstić information content (AvgIpc) is 2.83. The molecule has 1 fully saturated rings. The third-order valence-electron chi connectivity index (χ3n) is 5.84. The van der Waals surface area contributed by atoms with Gasteiger partial charge < -0.3 is 19.7 Å². The maximum atomic E-state index is 13.8. The van der Waals surface area contributed by atoms with Gasteiger partial charge in [0.15, 0.2) is 6.79 Å². The second-order valence-corrected chi connectivity index (χ2v) is 8.05. The van der Waals surface area contributed by atoms with Gasteiger partial charge in [-0.05, 0) is 48.6 Å². The van der Waals surface area contributed by atoms with Gasteiger partial charge in [-0.1, -0.05) is 30.3 Å².